The van der Waals surface area contributed by atoms with Gasteiger partial charge in [0.05, 0.1) is 4.92 Å². The van der Waals surface area contributed by atoms with Crippen molar-refractivity contribution in [2.75, 3.05) is 0 Å². The zero-order valence-electron chi connectivity index (χ0n) is 10.7. The molecule has 6 nitrogen and oxygen atoms in total. The highest BCUT2D eigenvalue weighted by atomic mass is 19.4. The van der Waals surface area contributed by atoms with Crippen molar-refractivity contribution in [2.24, 2.45) is 0 Å². The van der Waals surface area contributed by atoms with Crippen LogP contribution in [0, 0.1) is 10.1 Å². The molecule has 22 heavy (non-hydrogen) atoms. The first-order chi connectivity index (χ1) is 10.3. The molecule has 0 aliphatic rings. The van der Waals surface area contributed by atoms with E-state index in [-0.39, 0.29) is 5.56 Å². The molecule has 0 aliphatic carbocycles. The SMILES string of the molecule is O=C(c1cccnc1)c1c(OC(F)(F)F)cccc1[N+](=O)[O-]. The second kappa shape index (κ2) is 5.80. The molecule has 9 heteroatoms. The number of carbonyl (C=O) groups is 1. The lowest BCUT2D eigenvalue weighted by molar-refractivity contribution is -0.385. The first-order valence-corrected chi connectivity index (χ1v) is 5.77. The number of aromatic nitrogens is 1. The zero-order valence-corrected chi connectivity index (χ0v) is 10.7. The Balaban J connectivity index is 2.60. The van der Waals surface area contributed by atoms with Gasteiger partial charge in [-0.25, -0.2) is 0 Å². The molecule has 2 aromatic rings. The molecule has 0 unspecified atom stereocenters. The third-order valence-electron chi connectivity index (χ3n) is 2.58. The lowest BCUT2D eigenvalue weighted by Gasteiger charge is -2.12. The summed E-state index contributed by atoms with van der Waals surface area (Å²) in [6, 6.07) is 5.42. The smallest absolute Gasteiger partial charge is 0.405 e. The summed E-state index contributed by atoms with van der Waals surface area (Å²) in [6.07, 6.45) is -2.64. The van der Waals surface area contributed by atoms with Gasteiger partial charge in [0.2, 0.25) is 5.78 Å². The van der Waals surface area contributed by atoms with Crippen molar-refractivity contribution in [1.82, 2.24) is 4.98 Å². The van der Waals surface area contributed by atoms with Crippen molar-refractivity contribution in [3.8, 4) is 5.75 Å². The molecule has 1 heterocycles. The zero-order chi connectivity index (χ0) is 16.3. The molecule has 0 atom stereocenters. The molecule has 0 saturated heterocycles. The summed E-state index contributed by atoms with van der Waals surface area (Å²) in [4.78, 5) is 26.0. The fourth-order valence-corrected chi connectivity index (χ4v) is 1.75. The molecule has 0 N–H and O–H groups in total. The summed E-state index contributed by atoms with van der Waals surface area (Å²) < 4.78 is 40.9. The van der Waals surface area contributed by atoms with Crippen LogP contribution < -0.4 is 4.74 Å². The van der Waals surface area contributed by atoms with E-state index in [1.54, 1.807) is 0 Å². The lowest BCUT2D eigenvalue weighted by Crippen LogP contribution is -2.20. The van der Waals surface area contributed by atoms with Crippen molar-refractivity contribution in [2.45, 2.75) is 6.36 Å². The number of benzene rings is 1. The van der Waals surface area contributed by atoms with Crippen molar-refractivity contribution in [3.63, 3.8) is 0 Å². The molecule has 0 aliphatic heterocycles. The fourth-order valence-electron chi connectivity index (χ4n) is 1.75. The molecule has 0 radical (unpaired) electrons. The predicted molar refractivity (Wildman–Crippen MR) is 67.4 cm³/mol. The molecule has 1 aromatic heterocycles. The van der Waals surface area contributed by atoms with Crippen LogP contribution in [0.2, 0.25) is 0 Å². The summed E-state index contributed by atoms with van der Waals surface area (Å²) in [5.74, 6) is -1.92. The average Bonchev–Trinajstić information content (AvgIpc) is 2.45. The Morgan fingerprint density at radius 1 is 1.23 bits per heavy atom. The number of nitro groups is 1. The Hall–Kier alpha value is -2.97. The standard InChI is InChI=1S/C13H7F3N2O4/c14-13(15,16)22-10-5-1-4-9(18(20)21)11(10)12(19)8-3-2-6-17-7-8/h1-7H. The second-order valence-corrected chi connectivity index (χ2v) is 4.03. The summed E-state index contributed by atoms with van der Waals surface area (Å²) in [7, 11) is 0. The molecule has 0 spiro atoms. The summed E-state index contributed by atoms with van der Waals surface area (Å²) in [6.45, 7) is 0. The highest BCUT2D eigenvalue weighted by Gasteiger charge is 2.35. The van der Waals surface area contributed by atoms with Crippen LogP contribution in [0.3, 0.4) is 0 Å². The summed E-state index contributed by atoms with van der Waals surface area (Å²) in [5, 5.41) is 11.0. The van der Waals surface area contributed by atoms with Crippen LogP contribution in [-0.2, 0) is 0 Å². The number of ketones is 1. The van der Waals surface area contributed by atoms with Gasteiger partial charge in [-0.2, -0.15) is 0 Å². The van der Waals surface area contributed by atoms with Crippen molar-refractivity contribution >= 4 is 11.5 Å². The topological polar surface area (TPSA) is 82.3 Å². The molecular formula is C13H7F3N2O4. The summed E-state index contributed by atoms with van der Waals surface area (Å²) in [5.41, 5.74) is -1.66. The Morgan fingerprint density at radius 2 is 1.95 bits per heavy atom. The number of carbonyl (C=O) groups excluding carboxylic acids is 1. The van der Waals surface area contributed by atoms with Gasteiger partial charge in [0.25, 0.3) is 5.69 Å². The average molecular weight is 312 g/mol. The van der Waals surface area contributed by atoms with E-state index < -0.39 is 34.1 Å². The maximum atomic E-state index is 12.4. The maximum absolute atomic E-state index is 12.4. The minimum absolute atomic E-state index is 0.0937. The minimum atomic E-state index is -5.08. The van der Waals surface area contributed by atoms with Crippen molar-refractivity contribution < 1.29 is 27.6 Å². The molecule has 1 aromatic carbocycles. The van der Waals surface area contributed by atoms with Gasteiger partial charge in [-0.1, -0.05) is 6.07 Å². The van der Waals surface area contributed by atoms with E-state index in [2.05, 4.69) is 9.72 Å². The van der Waals surface area contributed by atoms with E-state index >= 15 is 0 Å². The second-order valence-electron chi connectivity index (χ2n) is 4.03. The predicted octanol–water partition coefficient (Wildman–Crippen LogP) is 3.12. The van der Waals surface area contributed by atoms with Gasteiger partial charge in [0.15, 0.2) is 0 Å². The molecule has 0 fully saturated rings. The normalized spacial score (nSPS) is 11.0. The van der Waals surface area contributed by atoms with Crippen LogP contribution in [0.4, 0.5) is 18.9 Å². The third kappa shape index (κ3) is 3.37. The number of halogens is 3. The number of hydrogen-bond donors (Lipinski definition) is 0. The van der Waals surface area contributed by atoms with Crippen LogP contribution >= 0.6 is 0 Å². The van der Waals surface area contributed by atoms with Gasteiger partial charge in [0.1, 0.15) is 11.3 Å². The van der Waals surface area contributed by atoms with Crippen LogP contribution in [0.25, 0.3) is 0 Å². The van der Waals surface area contributed by atoms with E-state index in [1.165, 1.54) is 18.3 Å². The van der Waals surface area contributed by atoms with Crippen LogP contribution in [0.15, 0.2) is 42.7 Å². The van der Waals surface area contributed by atoms with Gasteiger partial charge in [0, 0.05) is 24.0 Å². The van der Waals surface area contributed by atoms with E-state index in [0.717, 1.165) is 24.4 Å². The van der Waals surface area contributed by atoms with E-state index in [0.29, 0.717) is 0 Å². The van der Waals surface area contributed by atoms with Gasteiger partial charge >= 0.3 is 6.36 Å². The van der Waals surface area contributed by atoms with E-state index in [4.69, 9.17) is 0 Å². The maximum Gasteiger partial charge on any atom is 0.573 e. The number of nitrogens with zero attached hydrogens (tertiary/aromatic N) is 2. The number of alkyl halides is 3. The number of ether oxygens (including phenoxy) is 1. The van der Waals surface area contributed by atoms with E-state index in [9.17, 15) is 28.1 Å². The van der Waals surface area contributed by atoms with Crippen LogP contribution in [-0.4, -0.2) is 22.1 Å². The number of rotatable bonds is 4. The lowest BCUT2D eigenvalue weighted by atomic mass is 10.0. The molecular weight excluding hydrogens is 305 g/mol. The Morgan fingerprint density at radius 3 is 2.50 bits per heavy atom. The first-order valence-electron chi connectivity index (χ1n) is 5.77. The highest BCUT2D eigenvalue weighted by molar-refractivity contribution is 6.13. The molecule has 2 rings (SSSR count). The Bertz CT molecular complexity index is 717. The molecule has 0 bridgehead atoms. The number of nitro benzene ring substituents is 1. The Labute approximate surface area is 121 Å². The van der Waals surface area contributed by atoms with Gasteiger partial charge < -0.3 is 4.74 Å². The molecule has 114 valence electrons. The van der Waals surface area contributed by atoms with Crippen LogP contribution in [0.5, 0.6) is 5.75 Å². The number of pyridine rings is 1. The third-order valence-corrected chi connectivity index (χ3v) is 2.58. The van der Waals surface area contributed by atoms with Gasteiger partial charge in [-0.15, -0.1) is 13.2 Å². The first kappa shape index (κ1) is 15.4. The molecule has 0 saturated carbocycles. The van der Waals surface area contributed by atoms with Crippen molar-refractivity contribution in [3.05, 3.63) is 64.0 Å². The quantitative estimate of drug-likeness (QED) is 0.492. The Kier molecular flexibility index (Phi) is 4.06. The largest absolute Gasteiger partial charge is 0.573 e. The van der Waals surface area contributed by atoms with Gasteiger partial charge in [-0.3, -0.25) is 19.9 Å². The highest BCUT2D eigenvalue weighted by Crippen LogP contribution is 2.33. The van der Waals surface area contributed by atoms with Crippen molar-refractivity contribution in [1.29, 1.82) is 0 Å². The fraction of sp³-hybridized carbons (Fsp3) is 0.0769. The van der Waals surface area contributed by atoms with Crippen LogP contribution in [0.1, 0.15) is 15.9 Å². The molecule has 0 amide bonds. The van der Waals surface area contributed by atoms with E-state index in [1.807, 2.05) is 0 Å². The number of hydrogen-bond acceptors (Lipinski definition) is 5. The minimum Gasteiger partial charge on any atom is -0.405 e. The van der Waals surface area contributed by atoms with Gasteiger partial charge in [-0.05, 0) is 18.2 Å². The monoisotopic (exact) mass is 312 g/mol. The summed E-state index contributed by atoms with van der Waals surface area (Å²) >= 11 is 0.